The van der Waals surface area contributed by atoms with Crippen LogP contribution in [0.15, 0.2) is 60.7 Å². The summed E-state index contributed by atoms with van der Waals surface area (Å²) in [5.41, 5.74) is 8.55. The van der Waals surface area contributed by atoms with E-state index in [-0.39, 0.29) is 0 Å². The maximum absolute atomic E-state index is 2.52. The van der Waals surface area contributed by atoms with Crippen molar-refractivity contribution in [2.24, 2.45) is 0 Å². The molecule has 1 aromatic heterocycles. The van der Waals surface area contributed by atoms with Crippen molar-refractivity contribution in [3.63, 3.8) is 0 Å². The largest absolute Gasteiger partial charge is 0.338 e. The molecule has 1 aliphatic carbocycles. The Morgan fingerprint density at radius 1 is 0.783 bits per heavy atom. The number of rotatable bonds is 1. The monoisotopic (exact) mass is 297 g/mol. The summed E-state index contributed by atoms with van der Waals surface area (Å²) in [5, 5.41) is 2.76. The molecular formula is C22H19N. The van der Waals surface area contributed by atoms with Crippen molar-refractivity contribution in [2.75, 3.05) is 0 Å². The summed E-state index contributed by atoms with van der Waals surface area (Å²) >= 11 is 0. The predicted octanol–water partition coefficient (Wildman–Crippen LogP) is 5.95. The molecule has 1 nitrogen and oxygen atoms in total. The van der Waals surface area contributed by atoms with Gasteiger partial charge >= 0.3 is 0 Å². The fourth-order valence-corrected chi connectivity index (χ4v) is 4.26. The number of fused-ring (bicyclic) bond motifs is 7. The van der Waals surface area contributed by atoms with Crippen molar-refractivity contribution in [3.05, 3.63) is 71.8 Å². The van der Waals surface area contributed by atoms with E-state index in [0.29, 0.717) is 6.04 Å². The maximum atomic E-state index is 2.52. The molecule has 0 unspecified atom stereocenters. The Kier molecular flexibility index (Phi) is 2.52. The SMILES string of the molecule is CC(C)n1c2ccccc2c2ccc3c(c21)Cc1ccccc1-3. The minimum atomic E-state index is 0.451. The van der Waals surface area contributed by atoms with Gasteiger partial charge in [-0.3, -0.25) is 0 Å². The highest BCUT2D eigenvalue weighted by Crippen LogP contribution is 2.43. The molecule has 1 heteroatoms. The molecule has 0 saturated carbocycles. The number of hydrogen-bond acceptors (Lipinski definition) is 0. The number of hydrogen-bond donors (Lipinski definition) is 0. The van der Waals surface area contributed by atoms with E-state index in [2.05, 4.69) is 79.1 Å². The van der Waals surface area contributed by atoms with E-state index >= 15 is 0 Å². The summed E-state index contributed by atoms with van der Waals surface area (Å²) in [7, 11) is 0. The molecule has 1 heterocycles. The summed E-state index contributed by atoms with van der Waals surface area (Å²) in [6.07, 6.45) is 1.05. The Bertz CT molecular complexity index is 1070. The molecule has 0 N–H and O–H groups in total. The molecule has 0 amide bonds. The van der Waals surface area contributed by atoms with Gasteiger partial charge in [0.25, 0.3) is 0 Å². The maximum Gasteiger partial charge on any atom is 0.0536 e. The smallest absolute Gasteiger partial charge is 0.0536 e. The molecule has 5 rings (SSSR count). The van der Waals surface area contributed by atoms with Gasteiger partial charge in [0.05, 0.1) is 5.52 Å². The minimum absolute atomic E-state index is 0.451. The minimum Gasteiger partial charge on any atom is -0.338 e. The van der Waals surface area contributed by atoms with Crippen molar-refractivity contribution in [1.29, 1.82) is 0 Å². The first-order chi connectivity index (χ1) is 11.3. The summed E-state index contributed by atoms with van der Waals surface area (Å²) in [6.45, 7) is 4.57. The molecule has 0 spiro atoms. The van der Waals surface area contributed by atoms with Crippen molar-refractivity contribution in [3.8, 4) is 11.1 Å². The van der Waals surface area contributed by atoms with E-state index in [1.54, 1.807) is 0 Å². The fraction of sp³-hybridized carbons (Fsp3) is 0.182. The first kappa shape index (κ1) is 13.0. The van der Waals surface area contributed by atoms with Gasteiger partial charge < -0.3 is 4.57 Å². The third kappa shape index (κ3) is 1.62. The van der Waals surface area contributed by atoms with Crippen LogP contribution in [0.1, 0.15) is 31.0 Å². The highest BCUT2D eigenvalue weighted by molar-refractivity contribution is 6.11. The first-order valence-corrected chi connectivity index (χ1v) is 8.38. The lowest BCUT2D eigenvalue weighted by molar-refractivity contribution is 0.641. The molecule has 1 aliphatic rings. The van der Waals surface area contributed by atoms with Gasteiger partial charge in [-0.25, -0.2) is 0 Å². The van der Waals surface area contributed by atoms with E-state index in [0.717, 1.165) is 6.42 Å². The molecule has 3 aromatic carbocycles. The Labute approximate surface area is 136 Å². The molecule has 0 fully saturated rings. The van der Waals surface area contributed by atoms with Gasteiger partial charge in [-0.15, -0.1) is 0 Å². The highest BCUT2D eigenvalue weighted by atomic mass is 15.0. The highest BCUT2D eigenvalue weighted by Gasteiger charge is 2.24. The summed E-state index contributed by atoms with van der Waals surface area (Å²) in [6, 6.07) is 22.7. The lowest BCUT2D eigenvalue weighted by Crippen LogP contribution is -2.01. The predicted molar refractivity (Wildman–Crippen MR) is 98.1 cm³/mol. The normalized spacial score (nSPS) is 13.0. The van der Waals surface area contributed by atoms with Gasteiger partial charge in [-0.1, -0.05) is 54.6 Å². The zero-order chi connectivity index (χ0) is 15.6. The Morgan fingerprint density at radius 3 is 2.43 bits per heavy atom. The van der Waals surface area contributed by atoms with Crippen LogP contribution in [0.5, 0.6) is 0 Å². The zero-order valence-corrected chi connectivity index (χ0v) is 13.5. The van der Waals surface area contributed by atoms with Crippen molar-refractivity contribution < 1.29 is 0 Å². The van der Waals surface area contributed by atoms with E-state index in [1.807, 2.05) is 0 Å². The molecule has 0 atom stereocenters. The van der Waals surface area contributed by atoms with Crippen LogP contribution in [0.3, 0.4) is 0 Å². The second-order valence-corrected chi connectivity index (χ2v) is 6.80. The third-order valence-corrected chi connectivity index (χ3v) is 5.17. The number of benzene rings is 3. The lowest BCUT2D eigenvalue weighted by Gasteiger charge is -2.14. The van der Waals surface area contributed by atoms with E-state index < -0.39 is 0 Å². The Hall–Kier alpha value is -2.54. The summed E-state index contributed by atoms with van der Waals surface area (Å²) in [5.74, 6) is 0. The van der Waals surface area contributed by atoms with Crippen LogP contribution in [-0.2, 0) is 6.42 Å². The van der Waals surface area contributed by atoms with Crippen LogP contribution >= 0.6 is 0 Å². The fourth-order valence-electron chi connectivity index (χ4n) is 4.26. The van der Waals surface area contributed by atoms with Crippen LogP contribution < -0.4 is 0 Å². The van der Waals surface area contributed by atoms with Gasteiger partial charge in [0, 0.05) is 28.8 Å². The second kappa shape index (κ2) is 4.48. The molecule has 4 aromatic rings. The van der Waals surface area contributed by atoms with Crippen LogP contribution in [0.2, 0.25) is 0 Å². The topological polar surface area (TPSA) is 4.93 Å². The Morgan fingerprint density at radius 2 is 1.57 bits per heavy atom. The quantitative estimate of drug-likeness (QED) is 0.360. The molecular weight excluding hydrogens is 278 g/mol. The second-order valence-electron chi connectivity index (χ2n) is 6.80. The average molecular weight is 297 g/mol. The van der Waals surface area contributed by atoms with Crippen LogP contribution in [-0.4, -0.2) is 4.57 Å². The van der Waals surface area contributed by atoms with E-state index in [9.17, 15) is 0 Å². The van der Waals surface area contributed by atoms with Crippen molar-refractivity contribution in [2.45, 2.75) is 26.3 Å². The van der Waals surface area contributed by atoms with Gasteiger partial charge in [0.15, 0.2) is 0 Å². The average Bonchev–Trinajstić information content (AvgIpc) is 3.10. The molecule has 0 aliphatic heterocycles. The number of nitrogens with zero attached hydrogens (tertiary/aromatic N) is 1. The van der Waals surface area contributed by atoms with E-state index in [1.165, 1.54) is 44.1 Å². The first-order valence-electron chi connectivity index (χ1n) is 8.38. The van der Waals surface area contributed by atoms with Crippen LogP contribution in [0.4, 0.5) is 0 Å². The molecule has 0 bridgehead atoms. The molecule has 0 saturated heterocycles. The lowest BCUT2D eigenvalue weighted by atomic mass is 10.0. The van der Waals surface area contributed by atoms with Gasteiger partial charge in [-0.2, -0.15) is 0 Å². The summed E-state index contributed by atoms with van der Waals surface area (Å²) in [4.78, 5) is 0. The molecule has 23 heavy (non-hydrogen) atoms. The molecule has 0 radical (unpaired) electrons. The standard InChI is InChI=1S/C22H19N/c1-14(2)23-21-10-6-5-9-18(21)19-12-11-17-16-8-4-3-7-15(16)13-20(17)22(19)23/h3-12,14H,13H2,1-2H3. The Balaban J connectivity index is 1.97. The van der Waals surface area contributed by atoms with E-state index in [4.69, 9.17) is 0 Å². The number of aromatic nitrogens is 1. The molecule has 112 valence electrons. The third-order valence-electron chi connectivity index (χ3n) is 5.17. The van der Waals surface area contributed by atoms with Gasteiger partial charge in [0.1, 0.15) is 0 Å². The number of para-hydroxylation sites is 1. The van der Waals surface area contributed by atoms with Crippen molar-refractivity contribution >= 4 is 21.8 Å². The van der Waals surface area contributed by atoms with Gasteiger partial charge in [-0.05, 0) is 42.2 Å². The van der Waals surface area contributed by atoms with Crippen molar-refractivity contribution in [1.82, 2.24) is 4.57 Å². The van der Waals surface area contributed by atoms with Gasteiger partial charge in [0.2, 0.25) is 0 Å². The zero-order valence-electron chi connectivity index (χ0n) is 13.5. The van der Waals surface area contributed by atoms with Crippen LogP contribution in [0.25, 0.3) is 32.9 Å². The van der Waals surface area contributed by atoms with Crippen LogP contribution in [0, 0.1) is 0 Å². The summed E-state index contributed by atoms with van der Waals surface area (Å²) < 4.78 is 2.52.